The molecule has 0 spiro atoms. The van der Waals surface area contributed by atoms with Gasteiger partial charge in [0.15, 0.2) is 0 Å². The summed E-state index contributed by atoms with van der Waals surface area (Å²) >= 11 is 1.40. The summed E-state index contributed by atoms with van der Waals surface area (Å²) in [5.74, 6) is 0.741. The maximum atomic E-state index is 12.4. The standard InChI is InChI=1S/C15H15N3O2S/c1-2-20-13-4-3-11(16)7-10(13)8-18-9-17-12-5-6-21-14(12)15(18)19/h3-7,9H,2,8,16H2,1H3. The molecule has 108 valence electrons. The van der Waals surface area contributed by atoms with Crippen LogP contribution in [0.15, 0.2) is 40.8 Å². The van der Waals surface area contributed by atoms with Crippen LogP contribution in [0, 0.1) is 0 Å². The van der Waals surface area contributed by atoms with Gasteiger partial charge in [-0.3, -0.25) is 9.36 Å². The quantitative estimate of drug-likeness (QED) is 0.752. The summed E-state index contributed by atoms with van der Waals surface area (Å²) in [6, 6.07) is 7.29. The zero-order valence-corrected chi connectivity index (χ0v) is 12.4. The van der Waals surface area contributed by atoms with Crippen LogP contribution in [0.5, 0.6) is 5.75 Å². The first kappa shape index (κ1) is 13.6. The van der Waals surface area contributed by atoms with Gasteiger partial charge in [-0.15, -0.1) is 11.3 Å². The van der Waals surface area contributed by atoms with Gasteiger partial charge in [-0.1, -0.05) is 0 Å². The molecule has 0 fully saturated rings. The molecule has 0 unspecified atom stereocenters. The van der Waals surface area contributed by atoms with Gasteiger partial charge in [0, 0.05) is 11.3 Å². The molecule has 21 heavy (non-hydrogen) atoms. The Morgan fingerprint density at radius 3 is 3.05 bits per heavy atom. The Labute approximate surface area is 125 Å². The second-order valence-corrected chi connectivity index (χ2v) is 5.53. The fourth-order valence-corrected chi connectivity index (χ4v) is 2.99. The van der Waals surface area contributed by atoms with E-state index in [9.17, 15) is 4.79 Å². The molecule has 0 bridgehead atoms. The molecule has 0 saturated carbocycles. The van der Waals surface area contributed by atoms with E-state index in [1.165, 1.54) is 11.3 Å². The molecule has 6 heteroatoms. The van der Waals surface area contributed by atoms with E-state index in [0.717, 1.165) is 16.8 Å². The molecular weight excluding hydrogens is 286 g/mol. The number of anilines is 1. The third kappa shape index (κ3) is 2.62. The van der Waals surface area contributed by atoms with Gasteiger partial charge in [0.05, 0.1) is 25.0 Å². The average molecular weight is 301 g/mol. The zero-order valence-electron chi connectivity index (χ0n) is 11.6. The lowest BCUT2D eigenvalue weighted by molar-refractivity contribution is 0.335. The molecule has 0 radical (unpaired) electrons. The smallest absolute Gasteiger partial charge is 0.271 e. The second kappa shape index (κ2) is 5.57. The highest BCUT2D eigenvalue weighted by atomic mass is 32.1. The van der Waals surface area contributed by atoms with Crippen LogP contribution in [0.4, 0.5) is 5.69 Å². The Kier molecular flexibility index (Phi) is 3.62. The molecule has 3 aromatic rings. The van der Waals surface area contributed by atoms with Gasteiger partial charge in [-0.2, -0.15) is 0 Å². The number of nitrogen functional groups attached to an aromatic ring is 1. The lowest BCUT2D eigenvalue weighted by Gasteiger charge is -2.12. The van der Waals surface area contributed by atoms with Gasteiger partial charge < -0.3 is 10.5 Å². The first-order valence-corrected chi connectivity index (χ1v) is 7.51. The Morgan fingerprint density at radius 2 is 2.24 bits per heavy atom. The lowest BCUT2D eigenvalue weighted by atomic mass is 10.1. The summed E-state index contributed by atoms with van der Waals surface area (Å²) < 4.78 is 7.83. The van der Waals surface area contributed by atoms with Crippen molar-refractivity contribution in [3.63, 3.8) is 0 Å². The number of rotatable bonds is 4. The van der Waals surface area contributed by atoms with Crippen molar-refractivity contribution in [3.05, 3.63) is 51.9 Å². The van der Waals surface area contributed by atoms with Gasteiger partial charge in [0.25, 0.3) is 5.56 Å². The molecule has 0 aliphatic carbocycles. The molecule has 5 nitrogen and oxygen atoms in total. The Morgan fingerprint density at radius 1 is 1.38 bits per heavy atom. The van der Waals surface area contributed by atoms with E-state index in [0.29, 0.717) is 23.5 Å². The van der Waals surface area contributed by atoms with Crippen molar-refractivity contribution in [2.45, 2.75) is 13.5 Å². The van der Waals surface area contributed by atoms with Crippen molar-refractivity contribution >= 4 is 27.2 Å². The maximum absolute atomic E-state index is 12.4. The van der Waals surface area contributed by atoms with Crippen LogP contribution in [-0.4, -0.2) is 16.2 Å². The van der Waals surface area contributed by atoms with Crippen molar-refractivity contribution in [2.24, 2.45) is 0 Å². The number of thiophene rings is 1. The number of nitrogens with zero attached hydrogens (tertiary/aromatic N) is 2. The van der Waals surface area contributed by atoms with E-state index in [1.54, 1.807) is 17.0 Å². The minimum absolute atomic E-state index is 0.0418. The first-order valence-electron chi connectivity index (χ1n) is 6.63. The van der Waals surface area contributed by atoms with Crippen LogP contribution in [0.1, 0.15) is 12.5 Å². The number of benzene rings is 1. The molecule has 2 heterocycles. The van der Waals surface area contributed by atoms with Crippen LogP contribution < -0.4 is 16.0 Å². The van der Waals surface area contributed by atoms with Crippen molar-refractivity contribution in [1.82, 2.24) is 9.55 Å². The van der Waals surface area contributed by atoms with Crippen LogP contribution in [0.25, 0.3) is 10.2 Å². The topological polar surface area (TPSA) is 70.1 Å². The van der Waals surface area contributed by atoms with Crippen molar-refractivity contribution in [3.8, 4) is 5.75 Å². The van der Waals surface area contributed by atoms with Gasteiger partial charge in [-0.05, 0) is 36.6 Å². The highest BCUT2D eigenvalue weighted by Gasteiger charge is 2.09. The Bertz CT molecular complexity index is 838. The second-order valence-electron chi connectivity index (χ2n) is 4.61. The molecule has 2 N–H and O–H groups in total. The first-order chi connectivity index (χ1) is 10.2. The van der Waals surface area contributed by atoms with Crippen molar-refractivity contribution in [2.75, 3.05) is 12.3 Å². The van der Waals surface area contributed by atoms with Gasteiger partial charge in [0.2, 0.25) is 0 Å². The Balaban J connectivity index is 2.03. The third-order valence-corrected chi connectivity index (χ3v) is 4.05. The number of hydrogen-bond acceptors (Lipinski definition) is 5. The molecule has 0 aliphatic rings. The summed E-state index contributed by atoms with van der Waals surface area (Å²) in [7, 11) is 0. The molecule has 0 atom stereocenters. The minimum atomic E-state index is -0.0418. The van der Waals surface area contributed by atoms with Gasteiger partial charge in [0.1, 0.15) is 10.4 Å². The normalized spacial score (nSPS) is 10.9. The SMILES string of the molecule is CCOc1ccc(N)cc1Cn1cnc2ccsc2c1=O. The zero-order chi connectivity index (χ0) is 14.8. The minimum Gasteiger partial charge on any atom is -0.494 e. The largest absolute Gasteiger partial charge is 0.494 e. The van der Waals surface area contributed by atoms with Crippen molar-refractivity contribution in [1.29, 1.82) is 0 Å². The van der Waals surface area contributed by atoms with Gasteiger partial charge >= 0.3 is 0 Å². The van der Waals surface area contributed by atoms with Crippen LogP contribution in [0.2, 0.25) is 0 Å². The van der Waals surface area contributed by atoms with Crippen molar-refractivity contribution < 1.29 is 4.74 Å². The Hall–Kier alpha value is -2.34. The average Bonchev–Trinajstić information content (AvgIpc) is 2.94. The summed E-state index contributed by atoms with van der Waals surface area (Å²) in [5, 5.41) is 1.87. The van der Waals surface area contributed by atoms with Crippen LogP contribution in [0.3, 0.4) is 0 Å². The fourth-order valence-electron chi connectivity index (χ4n) is 2.19. The molecule has 1 aromatic carbocycles. The van der Waals surface area contributed by atoms with Crippen LogP contribution >= 0.6 is 11.3 Å². The summed E-state index contributed by atoms with van der Waals surface area (Å²) in [5.41, 5.74) is 8.04. The molecule has 0 saturated heterocycles. The maximum Gasteiger partial charge on any atom is 0.271 e. The predicted molar refractivity (Wildman–Crippen MR) is 85.0 cm³/mol. The molecule has 3 rings (SSSR count). The monoisotopic (exact) mass is 301 g/mol. The lowest BCUT2D eigenvalue weighted by Crippen LogP contribution is -2.20. The molecular formula is C15H15N3O2S. The molecule has 2 aromatic heterocycles. The number of ether oxygens (including phenoxy) is 1. The highest BCUT2D eigenvalue weighted by molar-refractivity contribution is 7.17. The number of fused-ring (bicyclic) bond motifs is 1. The highest BCUT2D eigenvalue weighted by Crippen LogP contribution is 2.22. The summed E-state index contributed by atoms with van der Waals surface area (Å²) in [4.78, 5) is 16.7. The van der Waals surface area contributed by atoms with E-state index < -0.39 is 0 Å². The van der Waals surface area contributed by atoms with Crippen LogP contribution in [-0.2, 0) is 6.54 Å². The van der Waals surface area contributed by atoms with E-state index in [4.69, 9.17) is 10.5 Å². The molecule has 0 aliphatic heterocycles. The number of hydrogen-bond donors (Lipinski definition) is 1. The van der Waals surface area contributed by atoms with Gasteiger partial charge in [-0.25, -0.2) is 4.98 Å². The predicted octanol–water partition coefficient (Wildman–Crippen LogP) is 2.49. The molecule has 0 amide bonds. The van der Waals surface area contributed by atoms with E-state index >= 15 is 0 Å². The summed E-state index contributed by atoms with van der Waals surface area (Å²) in [6.07, 6.45) is 1.57. The number of aromatic nitrogens is 2. The van der Waals surface area contributed by atoms with E-state index in [-0.39, 0.29) is 5.56 Å². The third-order valence-electron chi connectivity index (χ3n) is 3.16. The van der Waals surface area contributed by atoms with E-state index in [1.807, 2.05) is 30.5 Å². The fraction of sp³-hybridized carbons (Fsp3) is 0.200. The summed E-state index contributed by atoms with van der Waals surface area (Å²) in [6.45, 7) is 2.87. The van der Waals surface area contributed by atoms with E-state index in [2.05, 4.69) is 4.98 Å². The number of nitrogens with two attached hydrogens (primary N) is 1.